The largest absolute Gasteiger partial charge is 0.491 e. The van der Waals surface area contributed by atoms with Gasteiger partial charge in [-0.2, -0.15) is 0 Å². The Morgan fingerprint density at radius 3 is 2.59 bits per heavy atom. The minimum Gasteiger partial charge on any atom is -0.491 e. The van der Waals surface area contributed by atoms with Crippen LogP contribution in [0.2, 0.25) is 5.02 Å². The summed E-state index contributed by atoms with van der Waals surface area (Å²) in [6, 6.07) is 2.93. The maximum atomic E-state index is 11.4. The van der Waals surface area contributed by atoms with Gasteiger partial charge >= 0.3 is 0 Å². The molecule has 7 heteroatoms. The Morgan fingerprint density at radius 2 is 2.06 bits per heavy atom. The summed E-state index contributed by atoms with van der Waals surface area (Å²) in [5, 5.41) is 0.217. The summed E-state index contributed by atoms with van der Waals surface area (Å²) >= 11 is 9.10. The number of hydrogen-bond donors (Lipinski definition) is 0. The molecule has 0 aliphatic carbocycles. The maximum Gasteiger partial charge on any atom is 0.265 e. The van der Waals surface area contributed by atoms with E-state index in [0.717, 1.165) is 12.8 Å². The zero-order chi connectivity index (χ0) is 13.1. The molecule has 0 fully saturated rings. The first-order valence-electron chi connectivity index (χ1n) is 4.92. The standard InChI is InChI=1S/C10H11BrCl2O3S/c1-2-3-4-16-10-8(12)5-7(11)6-9(10)17(13,14)15/h5-6H,2-4H2,1H3. The minimum absolute atomic E-state index is 0.110. The number of unbranched alkanes of at least 4 members (excludes halogenated alkanes) is 1. The number of ether oxygens (including phenoxy) is 1. The van der Waals surface area contributed by atoms with Crippen LogP contribution in [0.15, 0.2) is 21.5 Å². The molecule has 0 saturated heterocycles. The molecule has 0 heterocycles. The van der Waals surface area contributed by atoms with Gasteiger partial charge in [-0.05, 0) is 18.6 Å². The summed E-state index contributed by atoms with van der Waals surface area (Å²) in [5.41, 5.74) is 0. The van der Waals surface area contributed by atoms with Gasteiger partial charge in [0, 0.05) is 15.2 Å². The Kier molecular flexibility index (Phi) is 5.57. The highest BCUT2D eigenvalue weighted by molar-refractivity contribution is 9.10. The van der Waals surface area contributed by atoms with Crippen LogP contribution in [0.4, 0.5) is 0 Å². The molecule has 1 aromatic rings. The topological polar surface area (TPSA) is 43.4 Å². The average molecular weight is 362 g/mol. The lowest BCUT2D eigenvalue weighted by atomic mass is 10.3. The predicted octanol–water partition coefficient (Wildman–Crippen LogP) is 4.21. The first-order chi connectivity index (χ1) is 7.86. The smallest absolute Gasteiger partial charge is 0.265 e. The molecule has 0 N–H and O–H groups in total. The molecule has 0 aliphatic rings. The van der Waals surface area contributed by atoms with Gasteiger partial charge in [-0.25, -0.2) is 8.42 Å². The van der Waals surface area contributed by atoms with E-state index in [0.29, 0.717) is 11.1 Å². The zero-order valence-corrected chi connectivity index (χ0v) is 13.0. The number of benzene rings is 1. The van der Waals surface area contributed by atoms with Crippen LogP contribution in [0.25, 0.3) is 0 Å². The molecule has 0 bridgehead atoms. The van der Waals surface area contributed by atoms with Crippen molar-refractivity contribution in [3.63, 3.8) is 0 Å². The second-order valence-corrected chi connectivity index (χ2v) is 7.21. The van der Waals surface area contributed by atoms with Crippen molar-refractivity contribution in [3.05, 3.63) is 21.6 Å². The molecule has 0 radical (unpaired) electrons. The molecule has 0 aliphatic heterocycles. The van der Waals surface area contributed by atoms with E-state index in [9.17, 15) is 8.42 Å². The van der Waals surface area contributed by atoms with Crippen molar-refractivity contribution in [2.24, 2.45) is 0 Å². The molecule has 0 unspecified atom stereocenters. The lowest BCUT2D eigenvalue weighted by Gasteiger charge is -2.11. The fourth-order valence-corrected chi connectivity index (χ4v) is 3.25. The predicted molar refractivity (Wildman–Crippen MR) is 72.6 cm³/mol. The first-order valence-corrected chi connectivity index (χ1v) is 8.40. The van der Waals surface area contributed by atoms with E-state index in [1.165, 1.54) is 6.07 Å². The second kappa shape index (κ2) is 6.27. The molecular weight excluding hydrogens is 351 g/mol. The van der Waals surface area contributed by atoms with Crippen LogP contribution in [0.1, 0.15) is 19.8 Å². The Balaban J connectivity index is 3.17. The number of halogens is 3. The molecule has 1 rings (SSSR count). The Bertz CT molecular complexity index is 503. The highest BCUT2D eigenvalue weighted by atomic mass is 79.9. The van der Waals surface area contributed by atoms with E-state index in [4.69, 9.17) is 27.0 Å². The molecule has 0 spiro atoms. The van der Waals surface area contributed by atoms with Gasteiger partial charge in [0.2, 0.25) is 0 Å². The Hall–Kier alpha value is 0.0300. The van der Waals surface area contributed by atoms with E-state index >= 15 is 0 Å². The van der Waals surface area contributed by atoms with Crippen molar-refractivity contribution in [1.82, 2.24) is 0 Å². The van der Waals surface area contributed by atoms with Crippen molar-refractivity contribution >= 4 is 47.3 Å². The van der Waals surface area contributed by atoms with E-state index in [2.05, 4.69) is 15.9 Å². The normalized spacial score (nSPS) is 11.5. The monoisotopic (exact) mass is 360 g/mol. The third-order valence-corrected chi connectivity index (χ3v) is 4.05. The molecule has 96 valence electrons. The van der Waals surface area contributed by atoms with Gasteiger partial charge in [0.15, 0.2) is 5.75 Å². The van der Waals surface area contributed by atoms with Crippen molar-refractivity contribution in [1.29, 1.82) is 0 Å². The van der Waals surface area contributed by atoms with Crippen LogP contribution in [-0.4, -0.2) is 15.0 Å². The number of hydrogen-bond acceptors (Lipinski definition) is 3. The Labute approximate surface area is 119 Å². The SMILES string of the molecule is CCCCOc1c(Cl)cc(Br)cc1S(=O)(=O)Cl. The molecule has 0 amide bonds. The first kappa shape index (κ1) is 15.1. The van der Waals surface area contributed by atoms with E-state index in [1.807, 2.05) is 6.92 Å². The van der Waals surface area contributed by atoms with Crippen LogP contribution in [0.3, 0.4) is 0 Å². The molecule has 1 aromatic carbocycles. The van der Waals surface area contributed by atoms with E-state index < -0.39 is 9.05 Å². The van der Waals surface area contributed by atoms with Gasteiger partial charge in [0.05, 0.1) is 11.6 Å². The summed E-state index contributed by atoms with van der Waals surface area (Å²) in [6.07, 6.45) is 1.76. The van der Waals surface area contributed by atoms with E-state index in [1.54, 1.807) is 6.07 Å². The molecular formula is C10H11BrCl2O3S. The zero-order valence-electron chi connectivity index (χ0n) is 9.04. The molecule has 0 saturated carbocycles. The van der Waals surface area contributed by atoms with Crippen LogP contribution in [0, 0.1) is 0 Å². The number of rotatable bonds is 5. The summed E-state index contributed by atoms with van der Waals surface area (Å²) in [5.74, 6) is 0.110. The van der Waals surface area contributed by atoms with Crippen LogP contribution >= 0.6 is 38.2 Å². The fraction of sp³-hybridized carbons (Fsp3) is 0.400. The summed E-state index contributed by atoms with van der Waals surface area (Å²) in [4.78, 5) is -0.116. The Morgan fingerprint density at radius 1 is 1.41 bits per heavy atom. The lowest BCUT2D eigenvalue weighted by molar-refractivity contribution is 0.302. The van der Waals surface area contributed by atoms with Gasteiger partial charge < -0.3 is 4.74 Å². The van der Waals surface area contributed by atoms with Gasteiger partial charge in [0.25, 0.3) is 9.05 Å². The summed E-state index contributed by atoms with van der Waals surface area (Å²) in [6.45, 7) is 2.41. The minimum atomic E-state index is -3.88. The van der Waals surface area contributed by atoms with Crippen LogP contribution in [-0.2, 0) is 9.05 Å². The van der Waals surface area contributed by atoms with Crippen molar-refractivity contribution in [2.45, 2.75) is 24.7 Å². The average Bonchev–Trinajstić information content (AvgIpc) is 2.19. The quantitative estimate of drug-likeness (QED) is 0.582. The third kappa shape index (κ3) is 4.32. The lowest BCUT2D eigenvalue weighted by Crippen LogP contribution is -2.02. The highest BCUT2D eigenvalue weighted by Gasteiger charge is 2.20. The van der Waals surface area contributed by atoms with Crippen LogP contribution in [0.5, 0.6) is 5.75 Å². The molecule has 3 nitrogen and oxygen atoms in total. The fourth-order valence-electron chi connectivity index (χ4n) is 1.18. The molecule has 0 atom stereocenters. The van der Waals surface area contributed by atoms with E-state index in [-0.39, 0.29) is 15.7 Å². The molecule has 0 aromatic heterocycles. The van der Waals surface area contributed by atoms with Gasteiger partial charge in [0.1, 0.15) is 4.90 Å². The highest BCUT2D eigenvalue weighted by Crippen LogP contribution is 2.37. The summed E-state index contributed by atoms with van der Waals surface area (Å²) < 4.78 is 28.7. The van der Waals surface area contributed by atoms with Crippen molar-refractivity contribution in [3.8, 4) is 5.75 Å². The second-order valence-electron chi connectivity index (χ2n) is 3.35. The van der Waals surface area contributed by atoms with Crippen molar-refractivity contribution in [2.75, 3.05) is 6.61 Å². The van der Waals surface area contributed by atoms with Crippen molar-refractivity contribution < 1.29 is 13.2 Å². The van der Waals surface area contributed by atoms with Gasteiger partial charge in [-0.15, -0.1) is 0 Å². The van der Waals surface area contributed by atoms with Gasteiger partial charge in [-0.1, -0.05) is 40.9 Å². The van der Waals surface area contributed by atoms with Gasteiger partial charge in [-0.3, -0.25) is 0 Å². The summed E-state index contributed by atoms with van der Waals surface area (Å²) in [7, 11) is 1.45. The molecule has 17 heavy (non-hydrogen) atoms. The maximum absolute atomic E-state index is 11.4. The van der Waals surface area contributed by atoms with Crippen LogP contribution < -0.4 is 4.74 Å². The third-order valence-electron chi connectivity index (χ3n) is 1.98.